The first kappa shape index (κ1) is 16.1. The zero-order valence-corrected chi connectivity index (χ0v) is 12.4. The van der Waals surface area contributed by atoms with Crippen molar-refractivity contribution in [3.8, 4) is 0 Å². The lowest BCUT2D eigenvalue weighted by atomic mass is 9.99. The van der Waals surface area contributed by atoms with E-state index in [1.165, 1.54) is 6.08 Å². The smallest absolute Gasteiger partial charge is 0.264 e. The van der Waals surface area contributed by atoms with Crippen LogP contribution in [-0.2, 0) is 19.2 Å². The van der Waals surface area contributed by atoms with Gasteiger partial charge in [-0.05, 0) is 25.3 Å². The molecule has 22 heavy (non-hydrogen) atoms. The van der Waals surface area contributed by atoms with Crippen LogP contribution in [0.2, 0.25) is 0 Å². The topological polar surface area (TPSA) is 83.6 Å². The molecule has 0 saturated carbocycles. The Morgan fingerprint density at radius 2 is 1.82 bits per heavy atom. The normalized spacial score (nSPS) is 24.6. The minimum atomic E-state index is -1.04. The van der Waals surface area contributed by atoms with Crippen LogP contribution >= 0.6 is 0 Å². The average Bonchev–Trinajstić information content (AvgIpc) is 2.75. The monoisotopic (exact) mass is 308 g/mol. The van der Waals surface area contributed by atoms with Crippen molar-refractivity contribution in [1.82, 2.24) is 10.2 Å². The Bertz CT molecular complexity index is 621. The van der Waals surface area contributed by atoms with Gasteiger partial charge in [0.2, 0.25) is 11.8 Å². The molecular formula is C15H17FN2O4. The maximum atomic E-state index is 13.7. The Balaban J connectivity index is 0.000000847. The van der Waals surface area contributed by atoms with Crippen molar-refractivity contribution >= 4 is 23.6 Å². The number of hydrogen-bond acceptors (Lipinski definition) is 4. The predicted octanol–water partition coefficient (Wildman–Crippen LogP) is 1.13. The van der Waals surface area contributed by atoms with Gasteiger partial charge in [-0.3, -0.25) is 29.4 Å². The molecular weight excluding hydrogens is 291 g/mol. The van der Waals surface area contributed by atoms with Crippen LogP contribution in [0.1, 0.15) is 39.5 Å². The highest BCUT2D eigenvalue weighted by atomic mass is 19.1. The Morgan fingerprint density at radius 3 is 2.41 bits per heavy atom. The van der Waals surface area contributed by atoms with Gasteiger partial charge < -0.3 is 0 Å². The van der Waals surface area contributed by atoms with Gasteiger partial charge in [-0.2, -0.15) is 0 Å². The molecule has 2 aliphatic heterocycles. The summed E-state index contributed by atoms with van der Waals surface area (Å²) >= 11 is 0. The molecule has 2 heterocycles. The quantitative estimate of drug-likeness (QED) is 0.736. The summed E-state index contributed by atoms with van der Waals surface area (Å²) in [4.78, 5) is 48.0. The van der Waals surface area contributed by atoms with Crippen molar-refractivity contribution in [3.63, 3.8) is 0 Å². The van der Waals surface area contributed by atoms with Gasteiger partial charge in [-0.15, -0.1) is 0 Å². The van der Waals surface area contributed by atoms with Gasteiger partial charge in [0.25, 0.3) is 11.8 Å². The van der Waals surface area contributed by atoms with Gasteiger partial charge in [0.15, 0.2) is 0 Å². The molecule has 1 aliphatic carbocycles. The van der Waals surface area contributed by atoms with Gasteiger partial charge in [-0.25, -0.2) is 4.39 Å². The molecule has 1 fully saturated rings. The van der Waals surface area contributed by atoms with Gasteiger partial charge in [-0.1, -0.05) is 13.8 Å². The van der Waals surface area contributed by atoms with Crippen LogP contribution in [0.5, 0.6) is 0 Å². The second-order valence-corrected chi connectivity index (χ2v) is 4.89. The summed E-state index contributed by atoms with van der Waals surface area (Å²) in [5.41, 5.74) is -0.106. The first-order valence-corrected chi connectivity index (χ1v) is 7.31. The van der Waals surface area contributed by atoms with Crippen LogP contribution in [0.15, 0.2) is 23.0 Å². The molecule has 0 spiro atoms. The minimum Gasteiger partial charge on any atom is -0.295 e. The fourth-order valence-electron chi connectivity index (χ4n) is 2.73. The number of allylic oxidation sites excluding steroid dienone is 1. The van der Waals surface area contributed by atoms with Crippen molar-refractivity contribution < 1.29 is 23.6 Å². The summed E-state index contributed by atoms with van der Waals surface area (Å²) in [5.74, 6) is -3.24. The van der Waals surface area contributed by atoms with Crippen molar-refractivity contribution in [2.45, 2.75) is 45.6 Å². The third-order valence-corrected chi connectivity index (χ3v) is 3.69. The number of halogens is 1. The van der Waals surface area contributed by atoms with E-state index in [1.54, 1.807) is 0 Å². The van der Waals surface area contributed by atoms with Gasteiger partial charge in [0.05, 0.1) is 5.57 Å². The second kappa shape index (κ2) is 6.21. The standard InChI is InChI=1S/C13H11FN2O4.C2H6/c14-7-3-1-2-6-10(7)13(20)16(12(6)19)8-4-5-9(17)15-11(8)18;1-2/h3,8H,1-2,4-5H2,(H,15,17,18);1-2H3. The molecule has 118 valence electrons. The molecule has 4 amide bonds. The van der Waals surface area contributed by atoms with Crippen LogP contribution < -0.4 is 5.32 Å². The van der Waals surface area contributed by atoms with Gasteiger partial charge in [0.1, 0.15) is 11.9 Å². The summed E-state index contributed by atoms with van der Waals surface area (Å²) in [7, 11) is 0. The summed E-state index contributed by atoms with van der Waals surface area (Å²) in [6.45, 7) is 4.00. The molecule has 7 heteroatoms. The highest BCUT2D eigenvalue weighted by molar-refractivity contribution is 6.23. The first-order valence-electron chi connectivity index (χ1n) is 7.31. The number of nitrogens with zero attached hydrogens (tertiary/aromatic N) is 1. The number of carbonyl (C=O) groups is 4. The number of hydrogen-bond donors (Lipinski definition) is 1. The molecule has 0 aromatic rings. The zero-order chi connectivity index (χ0) is 16.4. The Morgan fingerprint density at radius 1 is 1.14 bits per heavy atom. The highest BCUT2D eigenvalue weighted by Gasteiger charge is 2.47. The Kier molecular flexibility index (Phi) is 4.54. The fraction of sp³-hybridized carbons (Fsp3) is 0.467. The summed E-state index contributed by atoms with van der Waals surface area (Å²) in [6.07, 6.45) is 2.03. The molecule has 1 unspecified atom stereocenters. The maximum absolute atomic E-state index is 13.7. The molecule has 6 nitrogen and oxygen atoms in total. The number of piperidine rings is 1. The van der Waals surface area contributed by atoms with Gasteiger partial charge in [0, 0.05) is 12.0 Å². The van der Waals surface area contributed by atoms with Crippen LogP contribution in [-0.4, -0.2) is 34.6 Å². The molecule has 0 aromatic carbocycles. The lowest BCUT2D eigenvalue weighted by Gasteiger charge is -2.28. The average molecular weight is 308 g/mol. The highest BCUT2D eigenvalue weighted by Crippen LogP contribution is 2.36. The number of rotatable bonds is 1. The summed E-state index contributed by atoms with van der Waals surface area (Å²) < 4.78 is 13.7. The van der Waals surface area contributed by atoms with E-state index in [0.717, 1.165) is 4.90 Å². The molecule has 0 radical (unpaired) electrons. The molecule has 3 aliphatic rings. The molecule has 3 rings (SSSR count). The molecule has 0 bridgehead atoms. The number of amides is 4. The predicted molar refractivity (Wildman–Crippen MR) is 74.8 cm³/mol. The van der Waals surface area contributed by atoms with Crippen molar-refractivity contribution in [1.29, 1.82) is 0 Å². The molecule has 1 N–H and O–H groups in total. The van der Waals surface area contributed by atoms with Crippen LogP contribution in [0.4, 0.5) is 4.39 Å². The van der Waals surface area contributed by atoms with Crippen LogP contribution in [0, 0.1) is 0 Å². The number of nitrogens with one attached hydrogen (secondary N) is 1. The van der Waals surface area contributed by atoms with E-state index in [0.29, 0.717) is 6.42 Å². The Labute approximate surface area is 127 Å². The second-order valence-electron chi connectivity index (χ2n) is 4.89. The van der Waals surface area contributed by atoms with Crippen molar-refractivity contribution in [3.05, 3.63) is 23.0 Å². The van der Waals surface area contributed by atoms with Crippen molar-refractivity contribution in [2.75, 3.05) is 0 Å². The molecule has 1 atom stereocenters. The fourth-order valence-corrected chi connectivity index (χ4v) is 2.73. The number of carbonyl (C=O) groups excluding carboxylic acids is 4. The summed E-state index contributed by atoms with van der Waals surface area (Å²) in [5, 5.41) is 2.09. The van der Waals surface area contributed by atoms with E-state index in [2.05, 4.69) is 5.32 Å². The van der Waals surface area contributed by atoms with Crippen LogP contribution in [0.3, 0.4) is 0 Å². The van der Waals surface area contributed by atoms with Gasteiger partial charge >= 0.3 is 0 Å². The largest absolute Gasteiger partial charge is 0.295 e. The minimum absolute atomic E-state index is 0.0520. The maximum Gasteiger partial charge on any atom is 0.264 e. The summed E-state index contributed by atoms with van der Waals surface area (Å²) in [6, 6.07) is -1.04. The zero-order valence-electron chi connectivity index (χ0n) is 12.4. The lowest BCUT2D eigenvalue weighted by molar-refractivity contribution is -0.150. The first-order chi connectivity index (χ1) is 10.5. The third kappa shape index (κ3) is 2.47. The third-order valence-electron chi connectivity index (χ3n) is 3.69. The van der Waals surface area contributed by atoms with E-state index in [-0.39, 0.29) is 30.4 Å². The van der Waals surface area contributed by atoms with Crippen molar-refractivity contribution in [2.24, 2.45) is 0 Å². The lowest BCUT2D eigenvalue weighted by Crippen LogP contribution is -2.54. The van der Waals surface area contributed by atoms with Crippen LogP contribution in [0.25, 0.3) is 0 Å². The van der Waals surface area contributed by atoms with E-state index < -0.39 is 35.5 Å². The SMILES string of the molecule is CC.O=C1CCC(N2C(=O)C3=C(C2=O)C(F)=CCC3)C(=O)N1. The number of imide groups is 2. The molecule has 0 aromatic heterocycles. The van der Waals surface area contributed by atoms with E-state index in [4.69, 9.17) is 0 Å². The molecule has 1 saturated heterocycles. The van der Waals surface area contributed by atoms with E-state index >= 15 is 0 Å². The van der Waals surface area contributed by atoms with E-state index in [1.807, 2.05) is 13.8 Å². The Hall–Kier alpha value is -2.31. The van der Waals surface area contributed by atoms with E-state index in [9.17, 15) is 23.6 Å².